The van der Waals surface area contributed by atoms with E-state index in [9.17, 15) is 28.8 Å². The SMILES string of the molecule is O=C1CC(C(=O)O)NC(=O)N1.O=C1CC(C(=O)O)NC(=O)N1.[Zn]. The van der Waals surface area contributed by atoms with Gasteiger partial charge in [0, 0.05) is 19.5 Å². The molecule has 2 rings (SSSR count). The molecule has 0 aromatic rings. The molecule has 6 N–H and O–H groups in total. The summed E-state index contributed by atoms with van der Waals surface area (Å²) in [5.41, 5.74) is 0. The molecule has 23 heavy (non-hydrogen) atoms. The van der Waals surface area contributed by atoms with Gasteiger partial charge in [0.25, 0.3) is 0 Å². The molecular formula is C10H12N4O8Zn. The number of carbonyl (C=O) groups excluding carboxylic acids is 4. The number of amides is 6. The van der Waals surface area contributed by atoms with E-state index in [-0.39, 0.29) is 32.3 Å². The first-order valence-corrected chi connectivity index (χ1v) is 5.85. The summed E-state index contributed by atoms with van der Waals surface area (Å²) in [6.07, 6.45) is -0.415. The Labute approximate surface area is 141 Å². The zero-order valence-corrected chi connectivity index (χ0v) is 14.6. The molecule has 12 nitrogen and oxygen atoms in total. The van der Waals surface area contributed by atoms with Crippen molar-refractivity contribution >= 4 is 35.8 Å². The van der Waals surface area contributed by atoms with Crippen molar-refractivity contribution in [3.05, 3.63) is 0 Å². The van der Waals surface area contributed by atoms with Gasteiger partial charge in [0.15, 0.2) is 0 Å². The second-order valence-electron chi connectivity index (χ2n) is 4.23. The van der Waals surface area contributed by atoms with Crippen LogP contribution in [0, 0.1) is 0 Å². The summed E-state index contributed by atoms with van der Waals surface area (Å²) in [6.45, 7) is 0. The molecule has 2 unspecified atom stereocenters. The zero-order chi connectivity index (χ0) is 16.9. The van der Waals surface area contributed by atoms with Crippen molar-refractivity contribution in [2.45, 2.75) is 24.9 Å². The summed E-state index contributed by atoms with van der Waals surface area (Å²) in [5.74, 6) is -3.54. The Morgan fingerprint density at radius 2 is 1.09 bits per heavy atom. The summed E-state index contributed by atoms with van der Waals surface area (Å²) in [4.78, 5) is 62.6. The second kappa shape index (κ2) is 8.78. The van der Waals surface area contributed by atoms with Crippen molar-refractivity contribution in [1.29, 1.82) is 0 Å². The quantitative estimate of drug-likeness (QED) is 0.279. The van der Waals surface area contributed by atoms with Crippen LogP contribution in [0.2, 0.25) is 0 Å². The fourth-order valence-electron chi connectivity index (χ4n) is 1.51. The van der Waals surface area contributed by atoms with Crippen molar-refractivity contribution in [3.8, 4) is 0 Å². The number of rotatable bonds is 2. The van der Waals surface area contributed by atoms with E-state index in [1.54, 1.807) is 0 Å². The van der Waals surface area contributed by atoms with E-state index in [2.05, 4.69) is 10.6 Å². The Balaban J connectivity index is 0.000000403. The Morgan fingerprint density at radius 1 is 0.783 bits per heavy atom. The Hall–Kier alpha value is -2.56. The molecule has 0 saturated carbocycles. The predicted octanol–water partition coefficient (Wildman–Crippen LogP) is -2.66. The molecule has 0 radical (unpaired) electrons. The van der Waals surface area contributed by atoms with Gasteiger partial charge in [-0.2, -0.15) is 0 Å². The van der Waals surface area contributed by atoms with Crippen LogP contribution in [0.15, 0.2) is 0 Å². The van der Waals surface area contributed by atoms with Gasteiger partial charge < -0.3 is 20.8 Å². The van der Waals surface area contributed by atoms with E-state index in [1.165, 1.54) is 0 Å². The van der Waals surface area contributed by atoms with Crippen LogP contribution in [0.5, 0.6) is 0 Å². The first-order valence-electron chi connectivity index (χ1n) is 5.85. The minimum absolute atomic E-state index is 0. The van der Waals surface area contributed by atoms with E-state index in [4.69, 9.17) is 10.2 Å². The molecule has 2 aliphatic rings. The summed E-state index contributed by atoms with van der Waals surface area (Å²) < 4.78 is 0. The largest absolute Gasteiger partial charge is 0.480 e. The fourth-order valence-corrected chi connectivity index (χ4v) is 1.51. The number of carboxylic acid groups (broad SMARTS) is 2. The van der Waals surface area contributed by atoms with E-state index >= 15 is 0 Å². The first kappa shape index (κ1) is 20.4. The third-order valence-corrected chi connectivity index (χ3v) is 2.49. The van der Waals surface area contributed by atoms with Crippen LogP contribution < -0.4 is 21.3 Å². The number of carboxylic acids is 2. The van der Waals surface area contributed by atoms with E-state index < -0.39 is 47.9 Å². The van der Waals surface area contributed by atoms with Crippen LogP contribution >= 0.6 is 0 Å². The number of imide groups is 2. The molecule has 13 heteroatoms. The molecule has 2 heterocycles. The Morgan fingerprint density at radius 3 is 1.30 bits per heavy atom. The van der Waals surface area contributed by atoms with Gasteiger partial charge in [-0.3, -0.25) is 20.2 Å². The van der Waals surface area contributed by atoms with Crippen molar-refractivity contribution in [3.63, 3.8) is 0 Å². The molecule has 2 atom stereocenters. The molecule has 2 saturated heterocycles. The number of carbonyl (C=O) groups is 6. The van der Waals surface area contributed by atoms with Gasteiger partial charge in [-0.1, -0.05) is 0 Å². The summed E-state index contributed by atoms with van der Waals surface area (Å²) in [6, 6.07) is -3.69. The third-order valence-electron chi connectivity index (χ3n) is 2.49. The topological polar surface area (TPSA) is 191 Å². The minimum atomic E-state index is -1.20. The van der Waals surface area contributed by atoms with Gasteiger partial charge in [0.05, 0.1) is 12.8 Å². The number of hydrogen-bond donors (Lipinski definition) is 6. The van der Waals surface area contributed by atoms with Crippen LogP contribution in [0.1, 0.15) is 12.8 Å². The van der Waals surface area contributed by atoms with E-state index in [1.807, 2.05) is 10.6 Å². The Kier molecular flexibility index (Phi) is 7.81. The molecule has 2 fully saturated rings. The summed E-state index contributed by atoms with van der Waals surface area (Å²) >= 11 is 0. The molecule has 2 aliphatic heterocycles. The van der Waals surface area contributed by atoms with Gasteiger partial charge in [-0.25, -0.2) is 19.2 Å². The van der Waals surface area contributed by atoms with Crippen LogP contribution in [-0.2, 0) is 38.7 Å². The van der Waals surface area contributed by atoms with Gasteiger partial charge in [0.2, 0.25) is 11.8 Å². The zero-order valence-electron chi connectivity index (χ0n) is 11.6. The monoisotopic (exact) mass is 380 g/mol. The summed E-state index contributed by atoms with van der Waals surface area (Å²) in [7, 11) is 0. The predicted molar refractivity (Wildman–Crippen MR) is 65.4 cm³/mol. The standard InChI is InChI=1S/2C5H6N2O4.Zn/c2*8-3-1-2(4(9)10)6-5(11)7-3;/h2*2H,1H2,(H,9,10)(H2,6,7,8,11);. The van der Waals surface area contributed by atoms with Crippen LogP contribution in [-0.4, -0.2) is 58.1 Å². The van der Waals surface area contributed by atoms with Crippen molar-refractivity contribution in [2.75, 3.05) is 0 Å². The van der Waals surface area contributed by atoms with Crippen LogP contribution in [0.3, 0.4) is 0 Å². The molecule has 122 valence electrons. The molecular weight excluding hydrogens is 370 g/mol. The smallest absolute Gasteiger partial charge is 0.326 e. The van der Waals surface area contributed by atoms with Crippen molar-refractivity contribution in [1.82, 2.24) is 21.3 Å². The van der Waals surface area contributed by atoms with E-state index in [0.717, 1.165) is 0 Å². The molecule has 6 amide bonds. The average molecular weight is 382 g/mol. The van der Waals surface area contributed by atoms with Crippen LogP contribution in [0.25, 0.3) is 0 Å². The normalized spacial score (nSPS) is 22.8. The average Bonchev–Trinajstić information content (AvgIpc) is 2.37. The van der Waals surface area contributed by atoms with Gasteiger partial charge in [-0.05, 0) is 0 Å². The molecule has 0 aromatic heterocycles. The minimum Gasteiger partial charge on any atom is -0.480 e. The Bertz CT molecular complexity index is 471. The first-order chi connectivity index (χ1) is 10.2. The van der Waals surface area contributed by atoms with Gasteiger partial charge >= 0.3 is 24.0 Å². The second-order valence-corrected chi connectivity index (χ2v) is 4.23. The maximum absolute atomic E-state index is 10.6. The number of nitrogens with one attached hydrogen (secondary N) is 4. The third kappa shape index (κ3) is 6.82. The maximum atomic E-state index is 10.6. The van der Waals surface area contributed by atoms with Gasteiger partial charge in [-0.15, -0.1) is 0 Å². The summed E-state index contributed by atoms with van der Waals surface area (Å²) in [5, 5.41) is 24.7. The fraction of sp³-hybridized carbons (Fsp3) is 0.400. The number of urea groups is 2. The van der Waals surface area contributed by atoms with Crippen molar-refractivity contribution < 1.29 is 58.5 Å². The number of aliphatic carboxylic acids is 2. The molecule has 0 aromatic carbocycles. The maximum Gasteiger partial charge on any atom is 0.326 e. The van der Waals surface area contributed by atoms with Crippen LogP contribution in [0.4, 0.5) is 9.59 Å². The van der Waals surface area contributed by atoms with Crippen molar-refractivity contribution in [2.24, 2.45) is 0 Å². The van der Waals surface area contributed by atoms with E-state index in [0.29, 0.717) is 0 Å². The molecule has 0 aliphatic carbocycles. The molecule has 0 bridgehead atoms. The number of hydrogen-bond acceptors (Lipinski definition) is 6. The van der Waals surface area contributed by atoms with Gasteiger partial charge in [0.1, 0.15) is 12.1 Å². The molecule has 0 spiro atoms.